The van der Waals surface area contributed by atoms with Crippen LogP contribution in [0.4, 0.5) is 8.78 Å². The van der Waals surface area contributed by atoms with Gasteiger partial charge in [-0.3, -0.25) is 0 Å². The zero-order valence-electron chi connectivity index (χ0n) is 19.1. The number of hydrogen-bond donors (Lipinski definition) is 0. The van der Waals surface area contributed by atoms with Gasteiger partial charge in [0.15, 0.2) is 11.5 Å². The lowest BCUT2D eigenvalue weighted by Gasteiger charge is -2.38. The molecule has 0 spiro atoms. The first kappa shape index (κ1) is 21.7. The Bertz CT molecular complexity index is 958. The highest BCUT2D eigenvalue weighted by atomic mass is 19.1. The average molecular weight is 441 g/mol. The molecule has 3 aliphatic rings. The van der Waals surface area contributed by atoms with Gasteiger partial charge in [0, 0.05) is 11.1 Å². The molecule has 0 unspecified atom stereocenters. The summed E-state index contributed by atoms with van der Waals surface area (Å²) in [6.45, 7) is 2.49. The Hall–Kier alpha value is -2.10. The van der Waals surface area contributed by atoms with Crippen molar-refractivity contribution in [3.05, 3.63) is 47.0 Å². The molecular weight excluding hydrogens is 406 g/mol. The Labute approximate surface area is 190 Å². The summed E-state index contributed by atoms with van der Waals surface area (Å²) in [4.78, 5) is 0. The lowest BCUT2D eigenvalue weighted by atomic mass is 9.67. The fourth-order valence-corrected chi connectivity index (χ4v) is 5.83. The highest BCUT2D eigenvalue weighted by Gasteiger charge is 2.31. The van der Waals surface area contributed by atoms with Crippen molar-refractivity contribution in [1.29, 1.82) is 0 Å². The molecule has 2 aromatic rings. The van der Waals surface area contributed by atoms with E-state index in [0.29, 0.717) is 17.7 Å². The molecule has 2 nitrogen and oxygen atoms in total. The van der Waals surface area contributed by atoms with Crippen molar-refractivity contribution in [2.45, 2.75) is 77.7 Å². The first-order valence-corrected chi connectivity index (χ1v) is 12.5. The van der Waals surface area contributed by atoms with Gasteiger partial charge in [0.2, 0.25) is 5.82 Å². The maximum atomic E-state index is 15.4. The van der Waals surface area contributed by atoms with E-state index in [2.05, 4.69) is 0 Å². The molecule has 2 saturated carbocycles. The Balaban J connectivity index is 1.26. The van der Waals surface area contributed by atoms with Crippen LogP contribution in [0, 0.1) is 29.4 Å². The Kier molecular flexibility index (Phi) is 6.39. The maximum absolute atomic E-state index is 15.4. The number of aryl methyl sites for hydroxylation is 1. The minimum atomic E-state index is -0.497. The first-order valence-electron chi connectivity index (χ1n) is 12.5. The molecule has 2 fully saturated rings. The van der Waals surface area contributed by atoms with Gasteiger partial charge in [-0.2, -0.15) is 4.39 Å². The van der Waals surface area contributed by atoms with E-state index in [1.165, 1.54) is 44.9 Å². The smallest absolute Gasteiger partial charge is 0.207 e. The minimum Gasteiger partial charge on any atom is -0.490 e. The van der Waals surface area contributed by atoms with Gasteiger partial charge in [-0.15, -0.1) is 0 Å². The lowest BCUT2D eigenvalue weighted by Crippen LogP contribution is -2.26. The summed E-state index contributed by atoms with van der Waals surface area (Å²) >= 11 is 0. The van der Waals surface area contributed by atoms with Crippen molar-refractivity contribution >= 4 is 0 Å². The summed E-state index contributed by atoms with van der Waals surface area (Å²) in [5.41, 5.74) is 2.65. The van der Waals surface area contributed by atoms with E-state index < -0.39 is 5.82 Å². The second kappa shape index (κ2) is 9.41. The molecule has 1 heterocycles. The van der Waals surface area contributed by atoms with E-state index in [9.17, 15) is 4.39 Å². The Morgan fingerprint density at radius 3 is 2.38 bits per heavy atom. The van der Waals surface area contributed by atoms with Gasteiger partial charge < -0.3 is 9.47 Å². The molecule has 172 valence electrons. The zero-order valence-corrected chi connectivity index (χ0v) is 19.1. The highest BCUT2D eigenvalue weighted by molar-refractivity contribution is 5.76. The molecule has 0 N–H and O–H groups in total. The minimum absolute atomic E-state index is 0.0582. The van der Waals surface area contributed by atoms with Crippen LogP contribution in [0.15, 0.2) is 24.3 Å². The van der Waals surface area contributed by atoms with Crippen molar-refractivity contribution in [3.63, 3.8) is 0 Å². The number of ether oxygens (including phenoxy) is 2. The fourth-order valence-electron chi connectivity index (χ4n) is 5.83. The molecule has 4 heteroatoms. The molecule has 0 amide bonds. The Morgan fingerprint density at radius 2 is 1.66 bits per heavy atom. The van der Waals surface area contributed by atoms with Crippen LogP contribution in [-0.4, -0.2) is 6.61 Å². The standard InChI is InChI=1S/C28H34F2O2/c1-2-16-31-25-15-14-23-22-13-12-21(26(29)24(22)17-32-28(23)27(25)30)11-8-18-6-9-20(10-7-18)19-4-3-5-19/h12-15,18-20H,2-11,16-17H2,1H3. The van der Waals surface area contributed by atoms with Gasteiger partial charge in [-0.1, -0.05) is 51.2 Å². The Morgan fingerprint density at radius 1 is 0.906 bits per heavy atom. The third-order valence-electron chi connectivity index (χ3n) is 8.03. The predicted octanol–water partition coefficient (Wildman–Crippen LogP) is 7.85. The molecule has 32 heavy (non-hydrogen) atoms. The molecular formula is C28H34F2O2. The van der Waals surface area contributed by atoms with Crippen LogP contribution in [0.3, 0.4) is 0 Å². The van der Waals surface area contributed by atoms with Crippen molar-refractivity contribution < 1.29 is 18.3 Å². The SMILES string of the molecule is CCCOc1ccc2c(c1F)OCc1c-2ccc(CCC2CCC(C3CCC3)CC2)c1F. The van der Waals surface area contributed by atoms with Crippen LogP contribution in [0.25, 0.3) is 11.1 Å². The van der Waals surface area contributed by atoms with Crippen LogP contribution in [-0.2, 0) is 13.0 Å². The van der Waals surface area contributed by atoms with Crippen LogP contribution in [0.1, 0.15) is 75.8 Å². The quantitative estimate of drug-likeness (QED) is 0.436. The van der Waals surface area contributed by atoms with Gasteiger partial charge in [-0.25, -0.2) is 4.39 Å². The molecule has 0 bridgehead atoms. The number of fused-ring (bicyclic) bond motifs is 3. The van der Waals surface area contributed by atoms with E-state index >= 15 is 4.39 Å². The summed E-state index contributed by atoms with van der Waals surface area (Å²) < 4.78 is 41.4. The van der Waals surface area contributed by atoms with Crippen LogP contribution < -0.4 is 9.47 Å². The second-order valence-electron chi connectivity index (χ2n) is 9.97. The van der Waals surface area contributed by atoms with Gasteiger partial charge >= 0.3 is 0 Å². The zero-order chi connectivity index (χ0) is 22.1. The largest absolute Gasteiger partial charge is 0.490 e. The monoisotopic (exact) mass is 440 g/mol. The molecule has 0 saturated heterocycles. The van der Waals surface area contributed by atoms with E-state index in [1.807, 2.05) is 19.1 Å². The van der Waals surface area contributed by atoms with Gasteiger partial charge in [0.05, 0.1) is 6.61 Å². The van der Waals surface area contributed by atoms with Crippen LogP contribution >= 0.6 is 0 Å². The molecule has 0 radical (unpaired) electrons. The molecule has 5 rings (SSSR count). The fraction of sp³-hybridized carbons (Fsp3) is 0.571. The molecule has 0 atom stereocenters. The van der Waals surface area contributed by atoms with E-state index in [4.69, 9.17) is 9.47 Å². The van der Waals surface area contributed by atoms with E-state index in [0.717, 1.165) is 48.1 Å². The third kappa shape index (κ3) is 4.13. The van der Waals surface area contributed by atoms with Crippen molar-refractivity contribution in [2.24, 2.45) is 17.8 Å². The maximum Gasteiger partial charge on any atom is 0.207 e. The van der Waals surface area contributed by atoms with Crippen molar-refractivity contribution in [2.75, 3.05) is 6.61 Å². The molecule has 1 aliphatic heterocycles. The van der Waals surface area contributed by atoms with E-state index in [-0.39, 0.29) is 23.9 Å². The topological polar surface area (TPSA) is 18.5 Å². The summed E-state index contributed by atoms with van der Waals surface area (Å²) in [5, 5.41) is 0. The molecule has 2 aliphatic carbocycles. The van der Waals surface area contributed by atoms with Gasteiger partial charge in [0.25, 0.3) is 0 Å². The third-order valence-corrected chi connectivity index (χ3v) is 8.03. The lowest BCUT2D eigenvalue weighted by molar-refractivity contribution is 0.136. The van der Waals surface area contributed by atoms with Gasteiger partial charge in [0.1, 0.15) is 12.4 Å². The predicted molar refractivity (Wildman–Crippen MR) is 123 cm³/mol. The second-order valence-corrected chi connectivity index (χ2v) is 9.97. The summed E-state index contributed by atoms with van der Waals surface area (Å²) in [5.74, 6) is 2.35. The van der Waals surface area contributed by atoms with Crippen molar-refractivity contribution in [3.8, 4) is 22.6 Å². The number of benzene rings is 2. The number of rotatable bonds is 7. The molecule has 0 aromatic heterocycles. The summed E-state index contributed by atoms with van der Waals surface area (Å²) in [6.07, 6.45) is 12.3. The van der Waals surface area contributed by atoms with Crippen LogP contribution in [0.5, 0.6) is 11.5 Å². The summed E-state index contributed by atoms with van der Waals surface area (Å²) in [7, 11) is 0. The van der Waals surface area contributed by atoms with E-state index in [1.54, 1.807) is 12.1 Å². The number of halogens is 2. The normalized spacial score (nSPS) is 22.5. The molecule has 2 aromatic carbocycles. The van der Waals surface area contributed by atoms with Crippen molar-refractivity contribution in [1.82, 2.24) is 0 Å². The number of hydrogen-bond acceptors (Lipinski definition) is 2. The van der Waals surface area contributed by atoms with Crippen LogP contribution in [0.2, 0.25) is 0 Å². The van der Waals surface area contributed by atoms with Gasteiger partial charge in [-0.05, 0) is 73.1 Å². The average Bonchev–Trinajstić information content (AvgIpc) is 2.78. The summed E-state index contributed by atoms with van der Waals surface area (Å²) in [6, 6.07) is 7.23. The first-order chi connectivity index (χ1) is 15.7. The highest BCUT2D eigenvalue weighted by Crippen LogP contribution is 2.45.